The highest BCUT2D eigenvalue weighted by atomic mass is 35.5. The molecule has 0 aromatic carbocycles. The number of carbonyl (C=O) groups excluding carboxylic acids is 1. The fourth-order valence-electron chi connectivity index (χ4n) is 2.70. The van der Waals surface area contributed by atoms with Crippen LogP contribution in [0.5, 0.6) is 0 Å². The van der Waals surface area contributed by atoms with Crippen LogP contribution in [0.4, 0.5) is 5.82 Å². The Bertz CT molecular complexity index is 855. The zero-order chi connectivity index (χ0) is 16.5. The molecule has 122 valence electrons. The summed E-state index contributed by atoms with van der Waals surface area (Å²) < 4.78 is 1.50. The Kier molecular flexibility index (Phi) is 3.73. The van der Waals surface area contributed by atoms with Crippen LogP contribution in [0.1, 0.15) is 10.6 Å². The largest absolute Gasteiger partial charge is 0.352 e. The Labute approximate surface area is 142 Å². The first-order valence-corrected chi connectivity index (χ1v) is 7.92. The van der Waals surface area contributed by atoms with E-state index in [1.807, 2.05) is 6.07 Å². The van der Waals surface area contributed by atoms with Crippen molar-refractivity contribution >= 4 is 29.1 Å². The standard InChI is InChI=1S/C15H14ClN7O/c16-11-3-1-4-17-13(11)21-7-9-22(10-8-21)14(24)12-19-15-18-5-2-6-23(15)20-12/h1-6H,7-10H2. The second kappa shape index (κ2) is 6.04. The SMILES string of the molecule is O=C(c1nc2ncccn2n1)N1CCN(c2ncccc2Cl)CC1. The second-order valence-corrected chi connectivity index (χ2v) is 5.79. The van der Waals surface area contributed by atoms with Crippen LogP contribution in [-0.2, 0) is 0 Å². The van der Waals surface area contributed by atoms with Gasteiger partial charge in [-0.1, -0.05) is 11.6 Å². The van der Waals surface area contributed by atoms with Crippen molar-refractivity contribution in [3.63, 3.8) is 0 Å². The second-order valence-electron chi connectivity index (χ2n) is 5.39. The lowest BCUT2D eigenvalue weighted by atomic mass is 10.3. The van der Waals surface area contributed by atoms with Gasteiger partial charge < -0.3 is 9.80 Å². The molecule has 4 heterocycles. The molecule has 1 fully saturated rings. The Morgan fingerprint density at radius 2 is 1.88 bits per heavy atom. The molecule has 0 unspecified atom stereocenters. The van der Waals surface area contributed by atoms with Crippen molar-refractivity contribution < 1.29 is 4.79 Å². The predicted molar refractivity (Wildman–Crippen MR) is 88.1 cm³/mol. The van der Waals surface area contributed by atoms with Gasteiger partial charge in [-0.05, 0) is 18.2 Å². The van der Waals surface area contributed by atoms with Gasteiger partial charge in [-0.15, -0.1) is 5.10 Å². The fraction of sp³-hybridized carbons (Fsp3) is 0.267. The summed E-state index contributed by atoms with van der Waals surface area (Å²) in [5.41, 5.74) is 0. The number of anilines is 1. The first kappa shape index (κ1) is 14.8. The third kappa shape index (κ3) is 2.65. The minimum absolute atomic E-state index is 0.165. The van der Waals surface area contributed by atoms with Gasteiger partial charge in [-0.25, -0.2) is 14.5 Å². The predicted octanol–water partition coefficient (Wildman–Crippen LogP) is 1.14. The van der Waals surface area contributed by atoms with Gasteiger partial charge in [-0.3, -0.25) is 4.79 Å². The summed E-state index contributed by atoms with van der Waals surface area (Å²) >= 11 is 6.18. The highest BCUT2D eigenvalue weighted by Gasteiger charge is 2.26. The summed E-state index contributed by atoms with van der Waals surface area (Å²) in [4.78, 5) is 29.0. The maximum absolute atomic E-state index is 12.6. The minimum Gasteiger partial charge on any atom is -0.352 e. The van der Waals surface area contributed by atoms with Gasteiger partial charge in [0.05, 0.1) is 5.02 Å². The molecule has 4 rings (SSSR count). The third-order valence-corrected chi connectivity index (χ3v) is 4.21. The van der Waals surface area contributed by atoms with E-state index in [-0.39, 0.29) is 11.7 Å². The molecule has 0 atom stereocenters. The first-order valence-electron chi connectivity index (χ1n) is 7.54. The number of piperazine rings is 1. The van der Waals surface area contributed by atoms with Gasteiger partial charge in [0.2, 0.25) is 5.82 Å². The summed E-state index contributed by atoms with van der Waals surface area (Å²) in [6, 6.07) is 5.36. The van der Waals surface area contributed by atoms with Crippen molar-refractivity contribution in [2.45, 2.75) is 0 Å². The maximum Gasteiger partial charge on any atom is 0.293 e. The maximum atomic E-state index is 12.6. The van der Waals surface area contributed by atoms with Crippen molar-refractivity contribution in [1.29, 1.82) is 0 Å². The molecule has 24 heavy (non-hydrogen) atoms. The van der Waals surface area contributed by atoms with E-state index in [1.54, 1.807) is 35.6 Å². The molecule has 0 spiro atoms. The molecule has 8 nitrogen and oxygen atoms in total. The molecule has 3 aromatic rings. The Morgan fingerprint density at radius 3 is 2.62 bits per heavy atom. The molecule has 0 aliphatic carbocycles. The van der Waals surface area contributed by atoms with E-state index in [4.69, 9.17) is 11.6 Å². The number of fused-ring (bicyclic) bond motifs is 1. The topological polar surface area (TPSA) is 79.5 Å². The Morgan fingerprint density at radius 1 is 1.08 bits per heavy atom. The van der Waals surface area contributed by atoms with Crippen LogP contribution in [-0.4, -0.2) is 61.6 Å². The third-order valence-electron chi connectivity index (χ3n) is 3.91. The van der Waals surface area contributed by atoms with Crippen molar-refractivity contribution in [2.75, 3.05) is 31.1 Å². The van der Waals surface area contributed by atoms with Gasteiger partial charge >= 0.3 is 0 Å². The number of pyridine rings is 1. The molecular formula is C15H14ClN7O. The van der Waals surface area contributed by atoms with E-state index in [0.717, 1.165) is 5.82 Å². The van der Waals surface area contributed by atoms with Crippen LogP contribution in [0.3, 0.4) is 0 Å². The van der Waals surface area contributed by atoms with Crippen LogP contribution in [0.15, 0.2) is 36.8 Å². The number of halogens is 1. The van der Waals surface area contributed by atoms with Crippen molar-refractivity contribution in [2.24, 2.45) is 0 Å². The van der Waals surface area contributed by atoms with E-state index in [0.29, 0.717) is 37.0 Å². The molecular weight excluding hydrogens is 330 g/mol. The summed E-state index contributed by atoms with van der Waals surface area (Å²) in [6.45, 7) is 2.45. The van der Waals surface area contributed by atoms with Gasteiger partial charge in [0.25, 0.3) is 11.7 Å². The zero-order valence-corrected chi connectivity index (χ0v) is 13.5. The lowest BCUT2D eigenvalue weighted by Gasteiger charge is -2.35. The van der Waals surface area contributed by atoms with E-state index >= 15 is 0 Å². The molecule has 9 heteroatoms. The average molecular weight is 344 g/mol. The Hall–Kier alpha value is -2.74. The molecule has 1 aliphatic rings. The normalized spacial score (nSPS) is 15.0. The molecule has 0 bridgehead atoms. The van der Waals surface area contributed by atoms with Gasteiger partial charge in [-0.2, -0.15) is 4.98 Å². The first-order chi connectivity index (χ1) is 11.7. The molecule has 0 N–H and O–H groups in total. The molecule has 1 saturated heterocycles. The average Bonchev–Trinajstić information content (AvgIpc) is 3.06. The van der Waals surface area contributed by atoms with Crippen molar-refractivity contribution in [3.8, 4) is 0 Å². The van der Waals surface area contributed by atoms with Crippen LogP contribution in [0.2, 0.25) is 5.02 Å². The number of hydrogen-bond donors (Lipinski definition) is 0. The molecule has 1 aliphatic heterocycles. The molecule has 1 amide bonds. The van der Waals surface area contributed by atoms with E-state index in [2.05, 4.69) is 25.0 Å². The molecule has 0 radical (unpaired) electrons. The number of nitrogens with zero attached hydrogens (tertiary/aromatic N) is 7. The smallest absolute Gasteiger partial charge is 0.293 e. The summed E-state index contributed by atoms with van der Waals surface area (Å²) in [7, 11) is 0. The highest BCUT2D eigenvalue weighted by molar-refractivity contribution is 6.32. The summed E-state index contributed by atoms with van der Waals surface area (Å²) in [5.74, 6) is 1.14. The van der Waals surface area contributed by atoms with E-state index in [1.165, 1.54) is 4.52 Å². The zero-order valence-electron chi connectivity index (χ0n) is 12.7. The number of aromatic nitrogens is 5. The monoisotopic (exact) mass is 343 g/mol. The van der Waals surface area contributed by atoms with Gasteiger partial charge in [0, 0.05) is 44.8 Å². The van der Waals surface area contributed by atoms with Crippen LogP contribution in [0.25, 0.3) is 5.78 Å². The minimum atomic E-state index is -0.188. The summed E-state index contributed by atoms with van der Waals surface area (Å²) in [6.07, 6.45) is 5.05. The van der Waals surface area contributed by atoms with E-state index < -0.39 is 0 Å². The fourth-order valence-corrected chi connectivity index (χ4v) is 2.94. The number of hydrogen-bond acceptors (Lipinski definition) is 6. The lowest BCUT2D eigenvalue weighted by Crippen LogP contribution is -2.49. The lowest BCUT2D eigenvalue weighted by molar-refractivity contribution is 0.0734. The van der Waals surface area contributed by atoms with Gasteiger partial charge in [0.1, 0.15) is 5.82 Å². The van der Waals surface area contributed by atoms with Crippen LogP contribution in [0, 0.1) is 0 Å². The summed E-state index contributed by atoms with van der Waals surface area (Å²) in [5, 5.41) is 4.80. The highest BCUT2D eigenvalue weighted by Crippen LogP contribution is 2.23. The van der Waals surface area contributed by atoms with Crippen LogP contribution < -0.4 is 4.90 Å². The van der Waals surface area contributed by atoms with Crippen LogP contribution >= 0.6 is 11.6 Å². The molecule has 3 aromatic heterocycles. The number of carbonyl (C=O) groups is 1. The quantitative estimate of drug-likeness (QED) is 0.694. The number of amides is 1. The van der Waals surface area contributed by atoms with Crippen molar-refractivity contribution in [1.82, 2.24) is 29.5 Å². The van der Waals surface area contributed by atoms with Crippen molar-refractivity contribution in [3.05, 3.63) is 47.6 Å². The molecule has 0 saturated carbocycles. The van der Waals surface area contributed by atoms with Gasteiger partial charge in [0.15, 0.2) is 0 Å². The number of rotatable bonds is 2. The Balaban J connectivity index is 1.47. The van der Waals surface area contributed by atoms with E-state index in [9.17, 15) is 4.79 Å².